The number of halogens is 3. The van der Waals surface area contributed by atoms with Gasteiger partial charge >= 0.3 is 6.18 Å². The second-order valence-corrected chi connectivity index (χ2v) is 5.82. The molecule has 0 fully saturated rings. The molecule has 0 radical (unpaired) electrons. The standard InChI is InChI=1S/C12H9F3N4OS.2C2H6/c1-3-18-8-4-2-5(16)7(10(17)20)6(4)9(12(13,14)15)19-11(8)21-3;2*1-2/h2,16H2,1H3,(H2,17,20);2*1-2H3. The zero-order valence-electron chi connectivity index (χ0n) is 14.7. The van der Waals surface area contributed by atoms with E-state index >= 15 is 0 Å². The number of alkyl halides is 3. The van der Waals surface area contributed by atoms with Crippen LogP contribution in [0.2, 0.25) is 0 Å². The van der Waals surface area contributed by atoms with Crippen LogP contribution in [0.3, 0.4) is 0 Å². The van der Waals surface area contributed by atoms with E-state index in [1.807, 2.05) is 27.7 Å². The zero-order chi connectivity index (χ0) is 19.5. The van der Waals surface area contributed by atoms with Crippen LogP contribution in [0.15, 0.2) is 5.70 Å². The van der Waals surface area contributed by atoms with E-state index in [1.165, 1.54) is 0 Å². The summed E-state index contributed by atoms with van der Waals surface area (Å²) in [7, 11) is 0. The molecule has 2 heterocycles. The van der Waals surface area contributed by atoms with Crippen molar-refractivity contribution in [1.82, 2.24) is 9.97 Å². The summed E-state index contributed by atoms with van der Waals surface area (Å²) in [6, 6.07) is 0. The van der Waals surface area contributed by atoms with Crippen molar-refractivity contribution in [2.24, 2.45) is 11.5 Å². The van der Waals surface area contributed by atoms with Gasteiger partial charge in [-0.3, -0.25) is 4.79 Å². The minimum Gasteiger partial charge on any atom is -0.401 e. The minimum absolute atomic E-state index is 0.0128. The fourth-order valence-electron chi connectivity index (χ4n) is 2.47. The molecule has 2 aromatic heterocycles. The Morgan fingerprint density at radius 1 is 1.16 bits per heavy atom. The molecule has 5 nitrogen and oxygen atoms in total. The minimum atomic E-state index is -4.71. The van der Waals surface area contributed by atoms with Gasteiger partial charge in [-0.2, -0.15) is 13.2 Å². The third-order valence-electron chi connectivity index (χ3n) is 3.21. The van der Waals surface area contributed by atoms with Gasteiger partial charge < -0.3 is 11.5 Å². The molecule has 138 valence electrons. The van der Waals surface area contributed by atoms with Crippen LogP contribution >= 0.6 is 11.3 Å². The summed E-state index contributed by atoms with van der Waals surface area (Å²) in [6.07, 6.45) is -4.69. The molecule has 25 heavy (non-hydrogen) atoms. The van der Waals surface area contributed by atoms with Gasteiger partial charge in [0.25, 0.3) is 5.91 Å². The highest BCUT2D eigenvalue weighted by atomic mass is 32.1. The van der Waals surface area contributed by atoms with Crippen LogP contribution in [0.1, 0.15) is 49.5 Å². The van der Waals surface area contributed by atoms with Gasteiger partial charge in [0, 0.05) is 17.7 Å². The molecule has 4 N–H and O–H groups in total. The van der Waals surface area contributed by atoms with Gasteiger partial charge in [0.2, 0.25) is 0 Å². The average molecular weight is 374 g/mol. The monoisotopic (exact) mass is 374 g/mol. The number of carbonyl (C=O) groups is 1. The first-order valence-corrected chi connectivity index (χ1v) is 8.67. The van der Waals surface area contributed by atoms with Crippen LogP contribution in [0.25, 0.3) is 15.9 Å². The molecule has 0 unspecified atom stereocenters. The average Bonchev–Trinajstić information content (AvgIpc) is 3.08. The topological polar surface area (TPSA) is 94.9 Å². The van der Waals surface area contributed by atoms with E-state index in [-0.39, 0.29) is 33.6 Å². The number of aryl methyl sites for hydroxylation is 1. The molecule has 0 bridgehead atoms. The van der Waals surface area contributed by atoms with Gasteiger partial charge in [-0.1, -0.05) is 39.0 Å². The summed E-state index contributed by atoms with van der Waals surface area (Å²) in [4.78, 5) is 19.5. The van der Waals surface area contributed by atoms with E-state index in [4.69, 9.17) is 11.5 Å². The first-order chi connectivity index (χ1) is 11.7. The summed E-state index contributed by atoms with van der Waals surface area (Å²) in [5.41, 5.74) is 9.73. The Morgan fingerprint density at radius 2 is 1.72 bits per heavy atom. The molecule has 0 saturated carbocycles. The summed E-state index contributed by atoms with van der Waals surface area (Å²) in [6.45, 7) is 9.67. The highest BCUT2D eigenvalue weighted by Gasteiger charge is 2.42. The van der Waals surface area contributed by atoms with Crippen molar-refractivity contribution < 1.29 is 18.0 Å². The van der Waals surface area contributed by atoms with E-state index in [0.717, 1.165) is 11.3 Å². The molecule has 0 aliphatic heterocycles. The largest absolute Gasteiger partial charge is 0.434 e. The number of amides is 1. The summed E-state index contributed by atoms with van der Waals surface area (Å²) in [5.74, 6) is -0.996. The van der Waals surface area contributed by atoms with Crippen molar-refractivity contribution in [3.63, 3.8) is 0 Å². The van der Waals surface area contributed by atoms with Crippen LogP contribution in [-0.2, 0) is 17.4 Å². The molecule has 0 atom stereocenters. The Kier molecular flexibility index (Phi) is 6.53. The van der Waals surface area contributed by atoms with Crippen LogP contribution in [0.5, 0.6) is 0 Å². The van der Waals surface area contributed by atoms with Crippen LogP contribution < -0.4 is 11.5 Å². The maximum absolute atomic E-state index is 13.2. The van der Waals surface area contributed by atoms with Crippen molar-refractivity contribution in [3.05, 3.63) is 27.5 Å². The van der Waals surface area contributed by atoms with Crippen molar-refractivity contribution in [2.45, 2.75) is 47.2 Å². The quantitative estimate of drug-likeness (QED) is 0.794. The van der Waals surface area contributed by atoms with Gasteiger partial charge in [0.15, 0.2) is 5.69 Å². The van der Waals surface area contributed by atoms with E-state index in [2.05, 4.69) is 9.97 Å². The van der Waals surface area contributed by atoms with Gasteiger partial charge in [-0.05, 0) is 12.5 Å². The van der Waals surface area contributed by atoms with E-state index in [9.17, 15) is 18.0 Å². The summed E-state index contributed by atoms with van der Waals surface area (Å²) in [5, 5.41) is 0.588. The van der Waals surface area contributed by atoms with Gasteiger partial charge in [-0.15, -0.1) is 0 Å². The first-order valence-electron chi connectivity index (χ1n) is 7.86. The van der Waals surface area contributed by atoms with Gasteiger partial charge in [0.1, 0.15) is 10.3 Å². The highest BCUT2D eigenvalue weighted by molar-refractivity contribution is 7.18. The molecule has 0 spiro atoms. The number of carbonyl (C=O) groups excluding carboxylic acids is 1. The molecule has 0 aromatic carbocycles. The molecule has 1 aliphatic carbocycles. The summed E-state index contributed by atoms with van der Waals surface area (Å²) >= 11 is 1.06. The number of aromatic nitrogens is 2. The van der Waals surface area contributed by atoms with Gasteiger partial charge in [-0.25, -0.2) is 9.97 Å². The van der Waals surface area contributed by atoms with E-state index in [1.54, 1.807) is 6.92 Å². The molecule has 0 saturated heterocycles. The maximum Gasteiger partial charge on any atom is 0.434 e. The number of pyridine rings is 1. The van der Waals surface area contributed by atoms with Gasteiger partial charge in [0.05, 0.1) is 10.6 Å². The lowest BCUT2D eigenvalue weighted by molar-refractivity contribution is -0.141. The van der Waals surface area contributed by atoms with Crippen molar-refractivity contribution >= 4 is 33.2 Å². The Balaban J connectivity index is 0.000000730. The van der Waals surface area contributed by atoms with Crippen molar-refractivity contribution in [3.8, 4) is 0 Å². The number of nitrogens with two attached hydrogens (primary N) is 2. The van der Waals surface area contributed by atoms with E-state index < -0.39 is 17.8 Å². The highest BCUT2D eigenvalue weighted by Crippen LogP contribution is 2.43. The second kappa shape index (κ2) is 7.81. The predicted octanol–water partition coefficient (Wildman–Crippen LogP) is 3.78. The Hall–Kier alpha value is -2.16. The maximum atomic E-state index is 13.2. The van der Waals surface area contributed by atoms with Crippen LogP contribution in [0.4, 0.5) is 13.2 Å². The Bertz CT molecular complexity index is 825. The number of fused-ring (bicyclic) bond motifs is 3. The molecule has 1 aliphatic rings. The third kappa shape index (κ3) is 3.76. The normalized spacial score (nSPS) is 13.0. The zero-order valence-corrected chi connectivity index (χ0v) is 15.5. The van der Waals surface area contributed by atoms with E-state index in [0.29, 0.717) is 10.5 Å². The molecule has 3 rings (SSSR count). The second-order valence-electron chi connectivity index (χ2n) is 4.64. The SMILES string of the molecule is CC.CC.Cc1nc2c3c(c(C(F)(F)F)nc2s1)C(C(N)=O)=C(N)C3. The number of primary amides is 1. The number of hydrogen-bond acceptors (Lipinski definition) is 5. The molecule has 2 aromatic rings. The predicted molar refractivity (Wildman–Crippen MR) is 93.9 cm³/mol. The molecular formula is C16H21F3N4OS. The summed E-state index contributed by atoms with van der Waals surface area (Å²) < 4.78 is 39.7. The lowest BCUT2D eigenvalue weighted by Gasteiger charge is -2.12. The van der Waals surface area contributed by atoms with Crippen molar-refractivity contribution in [2.75, 3.05) is 0 Å². The van der Waals surface area contributed by atoms with Crippen molar-refractivity contribution in [1.29, 1.82) is 0 Å². The molecular weight excluding hydrogens is 353 g/mol. The van der Waals surface area contributed by atoms with Crippen LogP contribution in [-0.4, -0.2) is 15.9 Å². The fraction of sp³-hybridized carbons (Fsp3) is 0.438. The lowest BCUT2D eigenvalue weighted by atomic mass is 10.0. The van der Waals surface area contributed by atoms with Crippen LogP contribution in [0, 0.1) is 6.92 Å². The number of rotatable bonds is 1. The smallest absolute Gasteiger partial charge is 0.401 e. The number of allylic oxidation sites excluding steroid dienone is 1. The fourth-order valence-corrected chi connectivity index (χ4v) is 3.29. The number of thiazole rings is 1. The third-order valence-corrected chi connectivity index (χ3v) is 4.07. The number of nitrogens with zero attached hydrogens (tertiary/aromatic N) is 2. The Labute approximate surface area is 147 Å². The number of hydrogen-bond donors (Lipinski definition) is 2. The molecule has 9 heteroatoms. The molecule has 1 amide bonds. The lowest BCUT2D eigenvalue weighted by Crippen LogP contribution is -2.19. The Morgan fingerprint density at radius 3 is 2.20 bits per heavy atom. The first kappa shape index (κ1) is 20.9.